The smallest absolute Gasteiger partial charge is 0.146 e. The fourth-order valence-corrected chi connectivity index (χ4v) is 3.08. The summed E-state index contributed by atoms with van der Waals surface area (Å²) in [7, 11) is 0. The Morgan fingerprint density at radius 1 is 1.33 bits per heavy atom. The van der Waals surface area contributed by atoms with Crippen LogP contribution >= 0.6 is 15.9 Å². The molecule has 0 spiro atoms. The van der Waals surface area contributed by atoms with Crippen molar-refractivity contribution in [1.82, 2.24) is 19.5 Å². The van der Waals surface area contributed by atoms with Crippen LogP contribution in [0, 0.1) is 0 Å². The van der Waals surface area contributed by atoms with Crippen LogP contribution in [0.25, 0.3) is 11.0 Å². The number of fused-ring (bicyclic) bond motifs is 1. The van der Waals surface area contributed by atoms with E-state index in [4.69, 9.17) is 0 Å². The van der Waals surface area contributed by atoms with Gasteiger partial charge in [0.1, 0.15) is 17.8 Å². The van der Waals surface area contributed by atoms with Gasteiger partial charge >= 0.3 is 0 Å². The van der Waals surface area contributed by atoms with E-state index >= 15 is 0 Å². The van der Waals surface area contributed by atoms with Crippen molar-refractivity contribution in [3.8, 4) is 0 Å². The minimum atomic E-state index is 0.597. The lowest BCUT2D eigenvalue weighted by Crippen LogP contribution is -2.03. The van der Waals surface area contributed by atoms with Crippen LogP contribution in [0.3, 0.4) is 0 Å². The summed E-state index contributed by atoms with van der Waals surface area (Å²) in [6, 6.07) is 4.58. The second kappa shape index (κ2) is 5.11. The highest BCUT2D eigenvalue weighted by molar-refractivity contribution is 9.10. The van der Waals surface area contributed by atoms with Crippen LogP contribution in [0.1, 0.15) is 24.4 Å². The van der Waals surface area contributed by atoms with E-state index in [1.165, 1.54) is 12.8 Å². The summed E-state index contributed by atoms with van der Waals surface area (Å²) in [5.41, 5.74) is 2.12. The maximum absolute atomic E-state index is 4.45. The maximum Gasteiger partial charge on any atom is 0.146 e. The third-order valence-electron chi connectivity index (χ3n) is 3.69. The Hall–Kier alpha value is -1.95. The molecule has 1 aliphatic carbocycles. The molecule has 3 heterocycles. The maximum atomic E-state index is 4.45. The SMILES string of the molecule is Brc1cn(C2CC2)c2ncnc(NCc3cccnc3)c12. The normalized spacial score (nSPS) is 14.5. The summed E-state index contributed by atoms with van der Waals surface area (Å²) in [5.74, 6) is 0.857. The molecule has 4 rings (SSSR count). The molecule has 0 aliphatic heterocycles. The summed E-state index contributed by atoms with van der Waals surface area (Å²) < 4.78 is 3.29. The molecule has 0 saturated heterocycles. The Morgan fingerprint density at radius 3 is 3.00 bits per heavy atom. The molecule has 6 heteroatoms. The second-order valence-electron chi connectivity index (χ2n) is 5.25. The lowest BCUT2D eigenvalue weighted by Gasteiger charge is -2.07. The molecule has 21 heavy (non-hydrogen) atoms. The van der Waals surface area contributed by atoms with E-state index < -0.39 is 0 Å². The van der Waals surface area contributed by atoms with Gasteiger partial charge in [-0.1, -0.05) is 6.07 Å². The van der Waals surface area contributed by atoms with E-state index in [2.05, 4.69) is 47.0 Å². The first-order valence-corrected chi connectivity index (χ1v) is 7.76. The van der Waals surface area contributed by atoms with Crippen molar-refractivity contribution < 1.29 is 0 Å². The minimum Gasteiger partial charge on any atom is -0.365 e. The number of aromatic nitrogens is 4. The van der Waals surface area contributed by atoms with E-state index in [-0.39, 0.29) is 0 Å². The third-order valence-corrected chi connectivity index (χ3v) is 4.29. The number of rotatable bonds is 4. The number of anilines is 1. The molecular weight excluding hydrogens is 330 g/mol. The molecular formula is C15H14BrN5. The van der Waals surface area contributed by atoms with Crippen molar-refractivity contribution in [1.29, 1.82) is 0 Å². The Morgan fingerprint density at radius 2 is 2.24 bits per heavy atom. The van der Waals surface area contributed by atoms with Gasteiger partial charge in [0.2, 0.25) is 0 Å². The summed E-state index contributed by atoms with van der Waals surface area (Å²) in [4.78, 5) is 13.0. The lowest BCUT2D eigenvalue weighted by molar-refractivity contribution is 0.764. The third kappa shape index (κ3) is 2.40. The fourth-order valence-electron chi connectivity index (χ4n) is 2.49. The molecule has 106 valence electrons. The van der Waals surface area contributed by atoms with Gasteiger partial charge in [-0.05, 0) is 40.4 Å². The molecule has 5 nitrogen and oxygen atoms in total. The van der Waals surface area contributed by atoms with Crippen LogP contribution in [0.5, 0.6) is 0 Å². The summed E-state index contributed by atoms with van der Waals surface area (Å²) in [5, 5.41) is 4.43. The summed E-state index contributed by atoms with van der Waals surface area (Å²) in [6.45, 7) is 0.695. The topological polar surface area (TPSA) is 55.6 Å². The van der Waals surface area contributed by atoms with Crippen LogP contribution in [-0.4, -0.2) is 19.5 Å². The number of pyridine rings is 1. The molecule has 0 radical (unpaired) electrons. The molecule has 1 fully saturated rings. The Kier molecular flexibility index (Phi) is 3.11. The van der Waals surface area contributed by atoms with Crippen LogP contribution in [0.2, 0.25) is 0 Å². The van der Waals surface area contributed by atoms with Crippen molar-refractivity contribution in [3.63, 3.8) is 0 Å². The summed E-state index contributed by atoms with van der Waals surface area (Å²) in [6.07, 6.45) is 9.84. The van der Waals surface area contributed by atoms with Crippen LogP contribution < -0.4 is 5.32 Å². The van der Waals surface area contributed by atoms with Gasteiger partial charge in [0.05, 0.1) is 5.39 Å². The van der Waals surface area contributed by atoms with E-state index in [0.29, 0.717) is 12.6 Å². The molecule has 0 aromatic carbocycles. The second-order valence-corrected chi connectivity index (χ2v) is 6.11. The molecule has 0 unspecified atom stereocenters. The zero-order valence-corrected chi connectivity index (χ0v) is 12.9. The van der Waals surface area contributed by atoms with Gasteiger partial charge in [0.15, 0.2) is 0 Å². The average molecular weight is 344 g/mol. The first kappa shape index (κ1) is 12.8. The Bertz CT molecular complexity index is 779. The van der Waals surface area contributed by atoms with Crippen LogP contribution in [0.4, 0.5) is 5.82 Å². The van der Waals surface area contributed by atoms with Gasteiger partial charge in [0, 0.05) is 35.6 Å². The number of hydrogen-bond acceptors (Lipinski definition) is 4. The van der Waals surface area contributed by atoms with E-state index in [1.807, 2.05) is 18.3 Å². The van der Waals surface area contributed by atoms with Crippen LogP contribution in [-0.2, 0) is 6.54 Å². The zero-order chi connectivity index (χ0) is 14.2. The number of nitrogens with one attached hydrogen (secondary N) is 1. The number of hydrogen-bond donors (Lipinski definition) is 1. The predicted molar refractivity (Wildman–Crippen MR) is 85.1 cm³/mol. The number of halogens is 1. The number of nitrogens with zero attached hydrogens (tertiary/aromatic N) is 4. The van der Waals surface area contributed by atoms with Gasteiger partial charge in [0.25, 0.3) is 0 Å². The van der Waals surface area contributed by atoms with Gasteiger partial charge in [-0.25, -0.2) is 9.97 Å². The highest BCUT2D eigenvalue weighted by atomic mass is 79.9. The first-order valence-electron chi connectivity index (χ1n) is 6.97. The highest BCUT2D eigenvalue weighted by Crippen LogP contribution is 2.40. The van der Waals surface area contributed by atoms with Crippen molar-refractivity contribution >= 4 is 32.8 Å². The van der Waals surface area contributed by atoms with E-state index in [0.717, 1.165) is 26.9 Å². The first-order chi connectivity index (χ1) is 10.3. The predicted octanol–water partition coefficient (Wildman–Crippen LogP) is 3.54. The average Bonchev–Trinajstić information content (AvgIpc) is 3.31. The largest absolute Gasteiger partial charge is 0.365 e. The molecule has 3 aromatic heterocycles. The highest BCUT2D eigenvalue weighted by Gasteiger charge is 2.27. The Labute approximate surface area is 130 Å². The molecule has 1 N–H and O–H groups in total. The molecule has 3 aromatic rings. The standard InChI is InChI=1S/C15H14BrN5/c16-12-8-21(11-3-4-11)15-13(12)14(19-9-20-15)18-7-10-2-1-5-17-6-10/h1-2,5-6,8-9,11H,3-4,7H2,(H,18,19,20). The zero-order valence-electron chi connectivity index (χ0n) is 11.3. The fraction of sp³-hybridized carbons (Fsp3) is 0.267. The summed E-state index contributed by atoms with van der Waals surface area (Å²) >= 11 is 3.64. The van der Waals surface area contributed by atoms with Crippen molar-refractivity contribution in [2.75, 3.05) is 5.32 Å². The molecule has 0 atom stereocenters. The van der Waals surface area contributed by atoms with Gasteiger partial charge in [-0.15, -0.1) is 0 Å². The van der Waals surface area contributed by atoms with Gasteiger partial charge < -0.3 is 9.88 Å². The van der Waals surface area contributed by atoms with Crippen molar-refractivity contribution in [2.24, 2.45) is 0 Å². The van der Waals surface area contributed by atoms with Gasteiger partial charge in [-0.3, -0.25) is 4.98 Å². The molecule has 0 bridgehead atoms. The van der Waals surface area contributed by atoms with Gasteiger partial charge in [-0.2, -0.15) is 0 Å². The molecule has 1 aliphatic rings. The molecule has 1 saturated carbocycles. The van der Waals surface area contributed by atoms with E-state index in [1.54, 1.807) is 12.5 Å². The van der Waals surface area contributed by atoms with Crippen LogP contribution in [0.15, 0.2) is 41.5 Å². The van der Waals surface area contributed by atoms with Crippen molar-refractivity contribution in [3.05, 3.63) is 47.1 Å². The van der Waals surface area contributed by atoms with E-state index in [9.17, 15) is 0 Å². The Balaban J connectivity index is 1.68. The quantitative estimate of drug-likeness (QED) is 0.787. The lowest BCUT2D eigenvalue weighted by atomic mass is 10.3. The molecule has 0 amide bonds. The minimum absolute atomic E-state index is 0.597. The van der Waals surface area contributed by atoms with Crippen molar-refractivity contribution in [2.45, 2.75) is 25.4 Å². The monoisotopic (exact) mass is 343 g/mol.